The first-order valence-corrected chi connectivity index (χ1v) is 4.72. The van der Waals surface area contributed by atoms with Gasteiger partial charge in [-0.3, -0.25) is 4.98 Å². The maximum atomic E-state index is 13.4. The second-order valence-corrected chi connectivity index (χ2v) is 3.73. The Kier molecular flexibility index (Phi) is 2.20. The van der Waals surface area contributed by atoms with Gasteiger partial charge in [0.2, 0.25) is 0 Å². The molecule has 1 aromatic carbocycles. The first-order chi connectivity index (χ1) is 6.68. The molecule has 0 unspecified atom stereocenters. The van der Waals surface area contributed by atoms with E-state index in [4.69, 9.17) is 0 Å². The standard InChI is InChI=1S/C12H12FN/c1-8(2)9-6-10-11(13)4-3-5-12(10)14-7-9/h3-8H,1-2H3. The van der Waals surface area contributed by atoms with Gasteiger partial charge in [0.05, 0.1) is 5.52 Å². The molecule has 1 heterocycles. The lowest BCUT2D eigenvalue weighted by atomic mass is 10.0. The van der Waals surface area contributed by atoms with Crippen molar-refractivity contribution < 1.29 is 4.39 Å². The fourth-order valence-corrected chi connectivity index (χ4v) is 1.44. The van der Waals surface area contributed by atoms with E-state index >= 15 is 0 Å². The number of aromatic nitrogens is 1. The molecule has 0 bridgehead atoms. The SMILES string of the molecule is CC(C)c1cnc2cccc(F)c2c1. The molecule has 2 rings (SSSR count). The van der Waals surface area contributed by atoms with E-state index in [-0.39, 0.29) is 5.82 Å². The first-order valence-electron chi connectivity index (χ1n) is 4.72. The predicted octanol–water partition coefficient (Wildman–Crippen LogP) is 3.50. The van der Waals surface area contributed by atoms with Crippen LogP contribution in [0.3, 0.4) is 0 Å². The lowest BCUT2D eigenvalue weighted by molar-refractivity contribution is 0.639. The second kappa shape index (κ2) is 3.37. The van der Waals surface area contributed by atoms with Crippen LogP contribution < -0.4 is 0 Å². The smallest absolute Gasteiger partial charge is 0.132 e. The van der Waals surface area contributed by atoms with E-state index in [9.17, 15) is 4.39 Å². The Morgan fingerprint density at radius 3 is 2.79 bits per heavy atom. The van der Waals surface area contributed by atoms with Crippen molar-refractivity contribution >= 4 is 10.9 Å². The van der Waals surface area contributed by atoms with Gasteiger partial charge in [0.1, 0.15) is 5.82 Å². The Morgan fingerprint density at radius 2 is 2.07 bits per heavy atom. The summed E-state index contributed by atoms with van der Waals surface area (Å²) >= 11 is 0. The van der Waals surface area contributed by atoms with Crippen molar-refractivity contribution in [3.05, 3.63) is 41.8 Å². The van der Waals surface area contributed by atoms with Gasteiger partial charge in [0, 0.05) is 11.6 Å². The average molecular weight is 189 g/mol. The normalized spacial score (nSPS) is 11.1. The summed E-state index contributed by atoms with van der Waals surface area (Å²) in [6.45, 7) is 4.15. The van der Waals surface area contributed by atoms with Gasteiger partial charge in [-0.25, -0.2) is 4.39 Å². The van der Waals surface area contributed by atoms with Gasteiger partial charge >= 0.3 is 0 Å². The Morgan fingerprint density at radius 1 is 1.29 bits per heavy atom. The van der Waals surface area contributed by atoms with Crippen LogP contribution >= 0.6 is 0 Å². The van der Waals surface area contributed by atoms with Crippen molar-refractivity contribution in [1.82, 2.24) is 4.98 Å². The molecular formula is C12H12FN. The Hall–Kier alpha value is -1.44. The van der Waals surface area contributed by atoms with Crippen LogP contribution in [0.15, 0.2) is 30.5 Å². The molecule has 14 heavy (non-hydrogen) atoms. The molecular weight excluding hydrogens is 177 g/mol. The molecule has 0 atom stereocenters. The summed E-state index contributed by atoms with van der Waals surface area (Å²) in [5, 5.41) is 0.610. The molecule has 0 aliphatic carbocycles. The summed E-state index contributed by atoms with van der Waals surface area (Å²) in [4.78, 5) is 4.22. The molecule has 0 saturated heterocycles. The molecule has 0 aliphatic heterocycles. The minimum absolute atomic E-state index is 0.197. The van der Waals surface area contributed by atoms with Crippen LogP contribution in [-0.4, -0.2) is 4.98 Å². The highest BCUT2D eigenvalue weighted by atomic mass is 19.1. The van der Waals surface area contributed by atoms with Crippen LogP contribution in [0, 0.1) is 5.82 Å². The van der Waals surface area contributed by atoms with Crippen molar-refractivity contribution in [3.63, 3.8) is 0 Å². The summed E-state index contributed by atoms with van der Waals surface area (Å²) in [5.41, 5.74) is 1.79. The molecule has 72 valence electrons. The van der Waals surface area contributed by atoms with E-state index in [1.165, 1.54) is 6.07 Å². The zero-order chi connectivity index (χ0) is 10.1. The number of hydrogen-bond acceptors (Lipinski definition) is 1. The van der Waals surface area contributed by atoms with E-state index in [2.05, 4.69) is 18.8 Å². The largest absolute Gasteiger partial charge is 0.256 e. The zero-order valence-electron chi connectivity index (χ0n) is 8.29. The Balaban J connectivity index is 2.70. The van der Waals surface area contributed by atoms with Crippen molar-refractivity contribution in [2.75, 3.05) is 0 Å². The predicted molar refractivity (Wildman–Crippen MR) is 55.8 cm³/mol. The molecule has 2 aromatic rings. The third-order valence-electron chi connectivity index (χ3n) is 2.36. The lowest BCUT2D eigenvalue weighted by Gasteiger charge is -2.06. The topological polar surface area (TPSA) is 12.9 Å². The van der Waals surface area contributed by atoms with Crippen molar-refractivity contribution in [2.45, 2.75) is 19.8 Å². The fourth-order valence-electron chi connectivity index (χ4n) is 1.44. The van der Waals surface area contributed by atoms with Gasteiger partial charge in [0.15, 0.2) is 0 Å². The minimum atomic E-state index is -0.197. The Labute approximate surface area is 82.6 Å². The average Bonchev–Trinajstić information content (AvgIpc) is 2.18. The second-order valence-electron chi connectivity index (χ2n) is 3.73. The van der Waals surface area contributed by atoms with Gasteiger partial charge in [0.25, 0.3) is 0 Å². The van der Waals surface area contributed by atoms with Gasteiger partial charge < -0.3 is 0 Å². The number of nitrogens with zero attached hydrogens (tertiary/aromatic N) is 1. The quantitative estimate of drug-likeness (QED) is 0.669. The van der Waals surface area contributed by atoms with Gasteiger partial charge in [-0.05, 0) is 29.7 Å². The van der Waals surface area contributed by atoms with E-state index in [1.807, 2.05) is 18.3 Å². The molecule has 0 saturated carbocycles. The summed E-state index contributed by atoms with van der Waals surface area (Å²) in [6.07, 6.45) is 1.81. The van der Waals surface area contributed by atoms with Crippen LogP contribution in [0.4, 0.5) is 4.39 Å². The number of hydrogen-bond donors (Lipinski definition) is 0. The maximum Gasteiger partial charge on any atom is 0.132 e. The number of fused-ring (bicyclic) bond motifs is 1. The minimum Gasteiger partial charge on any atom is -0.256 e. The summed E-state index contributed by atoms with van der Waals surface area (Å²) in [5.74, 6) is 0.184. The summed E-state index contributed by atoms with van der Waals surface area (Å²) in [7, 11) is 0. The number of benzene rings is 1. The molecule has 2 heteroatoms. The van der Waals surface area contributed by atoms with E-state index in [0.717, 1.165) is 11.1 Å². The van der Waals surface area contributed by atoms with Crippen LogP contribution in [0.1, 0.15) is 25.3 Å². The molecule has 0 fully saturated rings. The van der Waals surface area contributed by atoms with Crippen molar-refractivity contribution in [3.8, 4) is 0 Å². The zero-order valence-corrected chi connectivity index (χ0v) is 8.29. The van der Waals surface area contributed by atoms with Crippen LogP contribution in [0.2, 0.25) is 0 Å². The van der Waals surface area contributed by atoms with Crippen LogP contribution in [0.25, 0.3) is 10.9 Å². The lowest BCUT2D eigenvalue weighted by Crippen LogP contribution is -1.91. The van der Waals surface area contributed by atoms with Gasteiger partial charge in [-0.2, -0.15) is 0 Å². The van der Waals surface area contributed by atoms with Crippen molar-refractivity contribution in [1.29, 1.82) is 0 Å². The highest BCUT2D eigenvalue weighted by Gasteiger charge is 2.04. The number of rotatable bonds is 1. The molecule has 1 aromatic heterocycles. The molecule has 0 aliphatic rings. The van der Waals surface area contributed by atoms with Crippen LogP contribution in [-0.2, 0) is 0 Å². The monoisotopic (exact) mass is 189 g/mol. The fraction of sp³-hybridized carbons (Fsp3) is 0.250. The van der Waals surface area contributed by atoms with E-state index in [0.29, 0.717) is 11.3 Å². The third-order valence-corrected chi connectivity index (χ3v) is 2.36. The molecule has 0 spiro atoms. The maximum absolute atomic E-state index is 13.4. The van der Waals surface area contributed by atoms with E-state index < -0.39 is 0 Å². The third kappa shape index (κ3) is 1.48. The molecule has 1 nitrogen and oxygen atoms in total. The van der Waals surface area contributed by atoms with Gasteiger partial charge in [-0.1, -0.05) is 19.9 Å². The van der Waals surface area contributed by atoms with Gasteiger partial charge in [-0.15, -0.1) is 0 Å². The van der Waals surface area contributed by atoms with Crippen LogP contribution in [0.5, 0.6) is 0 Å². The summed E-state index contributed by atoms with van der Waals surface area (Å²) < 4.78 is 13.4. The van der Waals surface area contributed by atoms with E-state index in [1.54, 1.807) is 6.07 Å². The highest BCUT2D eigenvalue weighted by Crippen LogP contribution is 2.21. The number of halogens is 1. The summed E-state index contributed by atoms with van der Waals surface area (Å²) in [6, 6.07) is 6.85. The Bertz CT molecular complexity index is 463. The highest BCUT2D eigenvalue weighted by molar-refractivity contribution is 5.79. The molecule has 0 amide bonds. The molecule has 0 radical (unpaired) electrons. The first kappa shape index (κ1) is 9.13. The van der Waals surface area contributed by atoms with Crippen molar-refractivity contribution in [2.24, 2.45) is 0 Å². The molecule has 0 N–H and O–H groups in total. The number of pyridine rings is 1.